The lowest BCUT2D eigenvalue weighted by Gasteiger charge is -2.23. The zero-order chi connectivity index (χ0) is 21.0. The predicted molar refractivity (Wildman–Crippen MR) is 97.1 cm³/mol. The van der Waals surface area contributed by atoms with Crippen LogP contribution in [0, 0.1) is 5.92 Å². The Balaban J connectivity index is 1.64. The molecular formula is C20H20F3N3O3. The minimum absolute atomic E-state index is 0.0577. The van der Waals surface area contributed by atoms with Crippen LogP contribution in [0.1, 0.15) is 54.1 Å². The lowest BCUT2D eigenvalue weighted by molar-refractivity contribution is -0.274. The van der Waals surface area contributed by atoms with Gasteiger partial charge in [0.1, 0.15) is 23.1 Å². The van der Waals surface area contributed by atoms with E-state index < -0.39 is 18.3 Å². The first-order valence-electron chi connectivity index (χ1n) is 9.22. The number of carbonyl (C=O) groups is 2. The van der Waals surface area contributed by atoms with Gasteiger partial charge in [0.05, 0.1) is 12.5 Å². The molecule has 0 radical (unpaired) electrons. The van der Waals surface area contributed by atoms with Crippen molar-refractivity contribution in [1.82, 2.24) is 15.3 Å². The number of Topliss-reactive ketones (excluding diaryl/α,β-unsaturated/α-hetero) is 1. The molecule has 0 spiro atoms. The number of nitrogens with zero attached hydrogens (tertiary/aromatic N) is 2. The number of halogens is 3. The van der Waals surface area contributed by atoms with Crippen molar-refractivity contribution in [2.45, 2.75) is 45.0 Å². The Kier molecular flexibility index (Phi) is 6.14. The smallest absolute Gasteiger partial charge is 0.406 e. The molecule has 3 rings (SSSR count). The lowest BCUT2D eigenvalue weighted by atomic mass is 9.81. The first-order chi connectivity index (χ1) is 13.7. The summed E-state index contributed by atoms with van der Waals surface area (Å²) in [7, 11) is 0. The molecule has 1 heterocycles. The second-order valence-corrected chi connectivity index (χ2v) is 6.94. The number of ether oxygens (including phenoxy) is 1. The van der Waals surface area contributed by atoms with E-state index in [4.69, 9.17) is 0 Å². The fourth-order valence-corrected chi connectivity index (χ4v) is 2.98. The molecule has 1 atom stereocenters. The molecule has 0 bridgehead atoms. The normalized spacial score (nSPS) is 15.3. The summed E-state index contributed by atoms with van der Waals surface area (Å²) in [6, 6.07) is 6.21. The number of ketones is 1. The van der Waals surface area contributed by atoms with Gasteiger partial charge in [0.25, 0.3) is 5.91 Å². The highest BCUT2D eigenvalue weighted by Crippen LogP contribution is 2.28. The molecule has 1 amide bonds. The van der Waals surface area contributed by atoms with Gasteiger partial charge in [0.2, 0.25) is 0 Å². The first-order valence-corrected chi connectivity index (χ1v) is 9.22. The van der Waals surface area contributed by atoms with E-state index in [1.54, 1.807) is 13.0 Å². The number of carbonyl (C=O) groups excluding carboxylic acids is 2. The third-order valence-corrected chi connectivity index (χ3v) is 4.77. The monoisotopic (exact) mass is 407 g/mol. The topological polar surface area (TPSA) is 81.2 Å². The van der Waals surface area contributed by atoms with E-state index in [0.29, 0.717) is 5.56 Å². The van der Waals surface area contributed by atoms with Gasteiger partial charge >= 0.3 is 6.36 Å². The van der Waals surface area contributed by atoms with Crippen molar-refractivity contribution in [2.24, 2.45) is 5.92 Å². The Bertz CT molecular complexity index is 898. The van der Waals surface area contributed by atoms with E-state index in [0.717, 1.165) is 19.3 Å². The van der Waals surface area contributed by atoms with Crippen molar-refractivity contribution >= 4 is 11.7 Å². The van der Waals surface area contributed by atoms with E-state index in [-0.39, 0.29) is 35.4 Å². The number of nitrogens with one attached hydrogen (secondary N) is 1. The van der Waals surface area contributed by atoms with E-state index in [2.05, 4.69) is 20.0 Å². The molecule has 6 nitrogen and oxygen atoms in total. The Hall–Kier alpha value is -2.97. The molecule has 1 aliphatic carbocycles. The van der Waals surface area contributed by atoms with Gasteiger partial charge in [-0.1, -0.05) is 18.6 Å². The molecule has 1 aliphatic rings. The number of benzene rings is 1. The zero-order valence-corrected chi connectivity index (χ0v) is 15.7. The number of aromatic nitrogens is 2. The van der Waals surface area contributed by atoms with Crippen LogP contribution >= 0.6 is 0 Å². The number of hydrogen-bond acceptors (Lipinski definition) is 5. The van der Waals surface area contributed by atoms with Crippen molar-refractivity contribution in [3.63, 3.8) is 0 Å². The quantitative estimate of drug-likeness (QED) is 0.756. The number of amides is 1. The van der Waals surface area contributed by atoms with Crippen LogP contribution in [0.4, 0.5) is 13.2 Å². The Labute approximate surface area is 165 Å². The fourth-order valence-electron chi connectivity index (χ4n) is 2.98. The average molecular weight is 407 g/mol. The molecule has 1 N–H and O–H groups in total. The third-order valence-electron chi connectivity index (χ3n) is 4.77. The Morgan fingerprint density at radius 3 is 2.69 bits per heavy atom. The molecule has 29 heavy (non-hydrogen) atoms. The molecular weight excluding hydrogens is 387 g/mol. The van der Waals surface area contributed by atoms with Crippen molar-refractivity contribution in [1.29, 1.82) is 0 Å². The lowest BCUT2D eigenvalue weighted by Crippen LogP contribution is -2.28. The molecule has 1 aromatic heterocycles. The summed E-state index contributed by atoms with van der Waals surface area (Å²) in [4.78, 5) is 32.8. The molecule has 2 aromatic rings. The maximum Gasteiger partial charge on any atom is 0.573 e. The largest absolute Gasteiger partial charge is 0.573 e. The number of rotatable bonds is 7. The van der Waals surface area contributed by atoms with Gasteiger partial charge in [0.15, 0.2) is 0 Å². The van der Waals surface area contributed by atoms with E-state index >= 15 is 0 Å². The van der Waals surface area contributed by atoms with Gasteiger partial charge in [-0.2, -0.15) is 0 Å². The molecule has 154 valence electrons. The summed E-state index contributed by atoms with van der Waals surface area (Å²) < 4.78 is 41.0. The first kappa shape index (κ1) is 20.8. The Morgan fingerprint density at radius 1 is 1.28 bits per heavy atom. The van der Waals surface area contributed by atoms with Crippen molar-refractivity contribution < 1.29 is 27.5 Å². The van der Waals surface area contributed by atoms with Crippen LogP contribution in [-0.2, 0) is 11.2 Å². The second kappa shape index (κ2) is 8.59. The van der Waals surface area contributed by atoms with Gasteiger partial charge < -0.3 is 10.1 Å². The standard InChI is InChI=1S/C20H20F3N3O3/c1-12(14-6-3-7-15(10-14)29-20(21,22)23)25-19(28)16-8-9-24-18(26-16)11-17(27)13-4-2-5-13/h3,6-10,12-13H,2,4-5,11H2,1H3,(H,25,28). The van der Waals surface area contributed by atoms with Crippen LogP contribution in [0.3, 0.4) is 0 Å². The highest BCUT2D eigenvalue weighted by molar-refractivity contribution is 5.92. The van der Waals surface area contributed by atoms with Crippen molar-refractivity contribution in [3.8, 4) is 5.75 Å². The summed E-state index contributed by atoms with van der Waals surface area (Å²) >= 11 is 0. The molecule has 9 heteroatoms. The summed E-state index contributed by atoms with van der Waals surface area (Å²) in [5, 5.41) is 2.68. The molecule has 0 saturated heterocycles. The minimum Gasteiger partial charge on any atom is -0.406 e. The van der Waals surface area contributed by atoms with Crippen LogP contribution < -0.4 is 10.1 Å². The predicted octanol–water partition coefficient (Wildman–Crippen LogP) is 3.78. The number of alkyl halides is 3. The van der Waals surface area contributed by atoms with Crippen molar-refractivity contribution in [3.05, 3.63) is 53.6 Å². The van der Waals surface area contributed by atoms with Gasteiger partial charge in [0, 0.05) is 12.1 Å². The van der Waals surface area contributed by atoms with Crippen LogP contribution in [0.15, 0.2) is 36.5 Å². The highest BCUT2D eigenvalue weighted by Gasteiger charge is 2.31. The summed E-state index contributed by atoms with van der Waals surface area (Å²) in [5.74, 6) is -0.469. The van der Waals surface area contributed by atoms with Crippen LogP contribution in [-0.4, -0.2) is 28.0 Å². The highest BCUT2D eigenvalue weighted by atomic mass is 19.4. The average Bonchev–Trinajstić information content (AvgIpc) is 2.59. The number of hydrogen-bond donors (Lipinski definition) is 1. The van der Waals surface area contributed by atoms with Crippen LogP contribution in [0.5, 0.6) is 5.75 Å². The SMILES string of the molecule is CC(NC(=O)c1ccnc(CC(=O)C2CCC2)n1)c1cccc(OC(F)(F)F)c1. The van der Waals surface area contributed by atoms with E-state index in [1.807, 2.05) is 0 Å². The zero-order valence-electron chi connectivity index (χ0n) is 15.7. The van der Waals surface area contributed by atoms with E-state index in [1.165, 1.54) is 30.5 Å². The van der Waals surface area contributed by atoms with Crippen molar-refractivity contribution in [2.75, 3.05) is 0 Å². The second-order valence-electron chi connectivity index (χ2n) is 6.94. The van der Waals surface area contributed by atoms with Crippen LogP contribution in [0.25, 0.3) is 0 Å². The molecule has 0 aliphatic heterocycles. The fraction of sp³-hybridized carbons (Fsp3) is 0.400. The minimum atomic E-state index is -4.79. The van der Waals surface area contributed by atoms with Gasteiger partial charge in [-0.05, 0) is 43.5 Å². The maximum absolute atomic E-state index is 12.5. The summed E-state index contributed by atoms with van der Waals surface area (Å²) in [6.45, 7) is 1.63. The van der Waals surface area contributed by atoms with E-state index in [9.17, 15) is 22.8 Å². The van der Waals surface area contributed by atoms with Crippen LogP contribution in [0.2, 0.25) is 0 Å². The summed E-state index contributed by atoms with van der Waals surface area (Å²) in [6.07, 6.45) is -0.487. The maximum atomic E-state index is 12.5. The summed E-state index contributed by atoms with van der Waals surface area (Å²) in [5.41, 5.74) is 0.528. The third kappa shape index (κ3) is 5.75. The van der Waals surface area contributed by atoms with Gasteiger partial charge in [-0.15, -0.1) is 13.2 Å². The van der Waals surface area contributed by atoms with Gasteiger partial charge in [-0.25, -0.2) is 9.97 Å². The Morgan fingerprint density at radius 2 is 2.03 bits per heavy atom. The molecule has 1 unspecified atom stereocenters. The van der Waals surface area contributed by atoms with Gasteiger partial charge in [-0.3, -0.25) is 9.59 Å². The molecule has 1 fully saturated rings. The molecule has 1 aromatic carbocycles. The molecule has 1 saturated carbocycles.